The van der Waals surface area contributed by atoms with Crippen molar-refractivity contribution in [2.24, 2.45) is 0 Å². The minimum Gasteiger partial charge on any atom is -0.496 e. The maximum atomic E-state index is 5.51. The molecule has 1 aromatic heterocycles. The van der Waals surface area contributed by atoms with Gasteiger partial charge in [0, 0.05) is 23.6 Å². The number of rotatable bonds is 3. The van der Waals surface area contributed by atoms with E-state index in [0.717, 1.165) is 42.1 Å². The molecule has 1 unspecified atom stereocenters. The van der Waals surface area contributed by atoms with Crippen LogP contribution < -0.4 is 10.1 Å². The van der Waals surface area contributed by atoms with E-state index in [1.807, 2.05) is 24.3 Å². The van der Waals surface area contributed by atoms with Crippen LogP contribution in [0.1, 0.15) is 24.5 Å². The largest absolute Gasteiger partial charge is 0.496 e. The molecule has 1 N–H and O–H groups in total. The Morgan fingerprint density at radius 2 is 2.21 bits per heavy atom. The van der Waals surface area contributed by atoms with Crippen molar-refractivity contribution in [3.8, 4) is 16.9 Å². The molecule has 0 saturated carbocycles. The molecule has 4 nitrogen and oxygen atoms in total. The van der Waals surface area contributed by atoms with Crippen LogP contribution in [0.2, 0.25) is 0 Å². The summed E-state index contributed by atoms with van der Waals surface area (Å²) in [5.74, 6) is 2.23. The van der Waals surface area contributed by atoms with Gasteiger partial charge in [-0.25, -0.2) is 0 Å². The Labute approximate surface area is 112 Å². The zero-order valence-corrected chi connectivity index (χ0v) is 11.1. The summed E-state index contributed by atoms with van der Waals surface area (Å²) in [5.41, 5.74) is 2.10. The van der Waals surface area contributed by atoms with Crippen LogP contribution in [-0.2, 0) is 0 Å². The highest BCUT2D eigenvalue weighted by Gasteiger charge is 2.24. The van der Waals surface area contributed by atoms with Crippen molar-refractivity contribution in [2.75, 3.05) is 20.2 Å². The van der Waals surface area contributed by atoms with Gasteiger partial charge in [0.2, 0.25) is 0 Å². The number of hydrogen-bond donors (Lipinski definition) is 1. The zero-order valence-electron chi connectivity index (χ0n) is 11.1. The van der Waals surface area contributed by atoms with Crippen LogP contribution in [0.4, 0.5) is 0 Å². The lowest BCUT2D eigenvalue weighted by Crippen LogP contribution is -2.28. The number of nitrogens with one attached hydrogen (secondary N) is 1. The summed E-state index contributed by atoms with van der Waals surface area (Å²) in [5, 5.41) is 7.40. The predicted molar refractivity (Wildman–Crippen MR) is 73.3 cm³/mol. The number of benzene rings is 1. The molecule has 1 aromatic carbocycles. The molecular formula is C15H18N2O2. The van der Waals surface area contributed by atoms with Crippen LogP contribution in [0.15, 0.2) is 35.0 Å². The molecular weight excluding hydrogens is 240 g/mol. The highest BCUT2D eigenvalue weighted by Crippen LogP contribution is 2.36. The minimum atomic E-state index is 0.399. The standard InChI is InChI=1S/C15H18N2O2/c1-18-14-7-3-2-6-12(14)13-10-17-19-15(13)11-5-4-8-16-9-11/h2-3,6-7,10-11,16H,4-5,8-9H2,1H3. The third kappa shape index (κ3) is 2.36. The SMILES string of the molecule is COc1ccccc1-c1cnoc1C1CCCNC1. The van der Waals surface area contributed by atoms with Crippen LogP contribution in [0, 0.1) is 0 Å². The molecule has 0 radical (unpaired) electrons. The van der Waals surface area contributed by atoms with E-state index in [4.69, 9.17) is 9.26 Å². The van der Waals surface area contributed by atoms with Crippen LogP contribution in [0.5, 0.6) is 5.75 Å². The van der Waals surface area contributed by atoms with Gasteiger partial charge in [0.15, 0.2) is 0 Å². The normalized spacial score (nSPS) is 19.3. The molecule has 0 bridgehead atoms. The molecule has 2 aromatic rings. The molecule has 1 fully saturated rings. The van der Waals surface area contributed by atoms with Gasteiger partial charge in [-0.15, -0.1) is 0 Å². The second-order valence-electron chi connectivity index (χ2n) is 4.85. The molecule has 0 aliphatic carbocycles. The van der Waals surface area contributed by atoms with Gasteiger partial charge in [-0.2, -0.15) is 0 Å². The van der Waals surface area contributed by atoms with Gasteiger partial charge in [-0.05, 0) is 25.5 Å². The molecule has 3 rings (SSSR count). The fraction of sp³-hybridized carbons (Fsp3) is 0.400. The van der Waals surface area contributed by atoms with Crippen LogP contribution >= 0.6 is 0 Å². The van der Waals surface area contributed by atoms with Gasteiger partial charge < -0.3 is 14.6 Å². The highest BCUT2D eigenvalue weighted by atomic mass is 16.5. The molecule has 1 atom stereocenters. The molecule has 0 amide bonds. The highest BCUT2D eigenvalue weighted by molar-refractivity contribution is 5.71. The van der Waals surface area contributed by atoms with Gasteiger partial charge in [-0.3, -0.25) is 0 Å². The van der Waals surface area contributed by atoms with Gasteiger partial charge in [0.05, 0.1) is 13.3 Å². The van der Waals surface area contributed by atoms with Crippen LogP contribution in [0.3, 0.4) is 0 Å². The Morgan fingerprint density at radius 3 is 3.00 bits per heavy atom. The smallest absolute Gasteiger partial charge is 0.149 e. The number of hydrogen-bond acceptors (Lipinski definition) is 4. The summed E-state index contributed by atoms with van der Waals surface area (Å²) in [4.78, 5) is 0. The Hall–Kier alpha value is -1.81. The molecule has 100 valence electrons. The van der Waals surface area contributed by atoms with Crippen molar-refractivity contribution in [3.63, 3.8) is 0 Å². The van der Waals surface area contributed by atoms with Gasteiger partial charge in [-0.1, -0.05) is 23.4 Å². The fourth-order valence-corrected chi connectivity index (χ4v) is 2.69. The number of aromatic nitrogens is 1. The number of para-hydroxylation sites is 1. The average molecular weight is 258 g/mol. The summed E-state index contributed by atoms with van der Waals surface area (Å²) >= 11 is 0. The molecule has 1 aliphatic rings. The Kier molecular flexibility index (Phi) is 3.51. The van der Waals surface area contributed by atoms with Crippen LogP contribution in [-0.4, -0.2) is 25.4 Å². The monoisotopic (exact) mass is 258 g/mol. The molecule has 19 heavy (non-hydrogen) atoms. The second-order valence-corrected chi connectivity index (χ2v) is 4.85. The number of nitrogens with zero attached hydrogens (tertiary/aromatic N) is 1. The van der Waals surface area contributed by atoms with Crippen molar-refractivity contribution in [1.29, 1.82) is 0 Å². The summed E-state index contributed by atoms with van der Waals surface area (Å²) in [6.07, 6.45) is 4.11. The van der Waals surface area contributed by atoms with E-state index < -0.39 is 0 Å². The first-order valence-electron chi connectivity index (χ1n) is 6.69. The quantitative estimate of drug-likeness (QED) is 0.919. The average Bonchev–Trinajstić information content (AvgIpc) is 2.97. The Balaban J connectivity index is 1.99. The van der Waals surface area contributed by atoms with E-state index in [1.54, 1.807) is 13.3 Å². The van der Waals surface area contributed by atoms with Crippen molar-refractivity contribution < 1.29 is 9.26 Å². The third-order valence-corrected chi connectivity index (χ3v) is 3.66. The molecule has 1 aliphatic heterocycles. The summed E-state index contributed by atoms with van der Waals surface area (Å²) in [7, 11) is 1.69. The molecule has 4 heteroatoms. The number of methoxy groups -OCH3 is 1. The first-order valence-corrected chi connectivity index (χ1v) is 6.69. The van der Waals surface area contributed by atoms with Crippen molar-refractivity contribution in [2.45, 2.75) is 18.8 Å². The molecule has 0 spiro atoms. The topological polar surface area (TPSA) is 47.3 Å². The second kappa shape index (κ2) is 5.45. The maximum absolute atomic E-state index is 5.51. The zero-order chi connectivity index (χ0) is 13.1. The van der Waals surface area contributed by atoms with E-state index >= 15 is 0 Å². The number of ether oxygens (including phenoxy) is 1. The summed E-state index contributed by atoms with van der Waals surface area (Å²) < 4.78 is 10.9. The summed E-state index contributed by atoms with van der Waals surface area (Å²) in [6, 6.07) is 7.99. The van der Waals surface area contributed by atoms with Crippen molar-refractivity contribution >= 4 is 0 Å². The van der Waals surface area contributed by atoms with E-state index in [1.165, 1.54) is 6.42 Å². The fourth-order valence-electron chi connectivity index (χ4n) is 2.69. The van der Waals surface area contributed by atoms with E-state index in [0.29, 0.717) is 5.92 Å². The van der Waals surface area contributed by atoms with Gasteiger partial charge in [0.1, 0.15) is 11.5 Å². The van der Waals surface area contributed by atoms with Gasteiger partial charge >= 0.3 is 0 Å². The molecule has 2 heterocycles. The third-order valence-electron chi connectivity index (χ3n) is 3.66. The Bertz CT molecular complexity index is 545. The lowest BCUT2D eigenvalue weighted by molar-refractivity contribution is 0.330. The Morgan fingerprint density at radius 1 is 1.32 bits per heavy atom. The van der Waals surface area contributed by atoms with E-state index in [-0.39, 0.29) is 0 Å². The summed E-state index contributed by atoms with van der Waals surface area (Å²) in [6.45, 7) is 2.05. The van der Waals surface area contributed by atoms with Gasteiger partial charge in [0.25, 0.3) is 0 Å². The number of piperidine rings is 1. The van der Waals surface area contributed by atoms with Crippen molar-refractivity contribution in [3.05, 3.63) is 36.2 Å². The first-order chi connectivity index (χ1) is 9.40. The van der Waals surface area contributed by atoms with Crippen molar-refractivity contribution in [1.82, 2.24) is 10.5 Å². The lowest BCUT2D eigenvalue weighted by atomic mass is 9.92. The predicted octanol–water partition coefficient (Wildman–Crippen LogP) is 2.82. The maximum Gasteiger partial charge on any atom is 0.149 e. The lowest BCUT2D eigenvalue weighted by Gasteiger charge is -2.21. The van der Waals surface area contributed by atoms with Crippen LogP contribution in [0.25, 0.3) is 11.1 Å². The van der Waals surface area contributed by atoms with E-state index in [2.05, 4.69) is 10.5 Å². The molecule has 1 saturated heterocycles. The minimum absolute atomic E-state index is 0.399. The first kappa shape index (κ1) is 12.2. The van der Waals surface area contributed by atoms with E-state index in [9.17, 15) is 0 Å².